The minimum Gasteiger partial charge on any atom is -0.462 e. The van der Waals surface area contributed by atoms with Gasteiger partial charge in [-0.25, -0.2) is 0 Å². The molecule has 0 aliphatic carbocycles. The predicted octanol–water partition coefficient (Wildman–Crippen LogP) is 26.5. The van der Waals surface area contributed by atoms with E-state index in [1.165, 1.54) is 161 Å². The molecule has 0 bridgehead atoms. The van der Waals surface area contributed by atoms with Gasteiger partial charge in [-0.2, -0.15) is 0 Å². The molecule has 0 radical (unpaired) electrons. The second kappa shape index (κ2) is 78.2. The van der Waals surface area contributed by atoms with Crippen LogP contribution in [0.1, 0.15) is 322 Å². The van der Waals surface area contributed by atoms with Gasteiger partial charge in [0.15, 0.2) is 6.10 Å². The van der Waals surface area contributed by atoms with Gasteiger partial charge in [-0.05, 0) is 135 Å². The molecule has 0 saturated heterocycles. The lowest BCUT2D eigenvalue weighted by atomic mass is 10.0. The van der Waals surface area contributed by atoms with Crippen molar-refractivity contribution in [2.24, 2.45) is 0 Å². The Kier molecular flexibility index (Phi) is 73.9. The molecule has 508 valence electrons. The molecular formula is C85H138O5. The van der Waals surface area contributed by atoms with Crippen molar-refractivity contribution in [1.29, 1.82) is 0 Å². The highest BCUT2D eigenvalue weighted by molar-refractivity contribution is 5.70. The number of ether oxygens (including phenoxy) is 2. The lowest BCUT2D eigenvalue weighted by molar-refractivity contribution is -0.161. The van der Waals surface area contributed by atoms with Crippen LogP contribution in [0.25, 0.3) is 0 Å². The van der Waals surface area contributed by atoms with E-state index in [4.69, 9.17) is 9.47 Å². The van der Waals surface area contributed by atoms with Crippen LogP contribution in [0.15, 0.2) is 182 Å². The normalized spacial score (nSPS) is 13.3. The fourth-order valence-electron chi connectivity index (χ4n) is 10.2. The number of esters is 2. The van der Waals surface area contributed by atoms with Gasteiger partial charge in [0.1, 0.15) is 6.61 Å². The van der Waals surface area contributed by atoms with E-state index in [0.717, 1.165) is 135 Å². The SMILES string of the molecule is CC/C=C\C/C=C\C/C=C\C/C=C\C/C=C\C/C=C\C/C=C\C/C=C\CCCCCCCCCCCCCCC(=O)OC(CO)COC(=O)CCCCCCCCCCCCCCCCCCC/C=C\C/C=C\C/C=C\C/C=C\C/C=C\C/C=C\C/C=C\CC. The summed E-state index contributed by atoms with van der Waals surface area (Å²) in [5.41, 5.74) is 0. The fraction of sp³-hybridized carbons (Fsp3) is 0.624. The summed E-state index contributed by atoms with van der Waals surface area (Å²) in [6.45, 7) is 3.92. The largest absolute Gasteiger partial charge is 0.462 e. The van der Waals surface area contributed by atoms with Gasteiger partial charge >= 0.3 is 11.9 Å². The molecule has 0 aromatic rings. The number of carbonyl (C=O) groups is 2. The van der Waals surface area contributed by atoms with Gasteiger partial charge in [0, 0.05) is 12.8 Å². The summed E-state index contributed by atoms with van der Waals surface area (Å²) in [5, 5.41) is 9.72. The van der Waals surface area contributed by atoms with Crippen LogP contribution in [0.2, 0.25) is 0 Å². The minimum atomic E-state index is -0.785. The van der Waals surface area contributed by atoms with Crippen molar-refractivity contribution in [2.45, 2.75) is 328 Å². The van der Waals surface area contributed by atoms with Gasteiger partial charge in [-0.15, -0.1) is 0 Å². The van der Waals surface area contributed by atoms with Crippen molar-refractivity contribution >= 4 is 11.9 Å². The molecule has 90 heavy (non-hydrogen) atoms. The van der Waals surface area contributed by atoms with Gasteiger partial charge in [0.05, 0.1) is 6.61 Å². The molecule has 0 saturated carbocycles. The van der Waals surface area contributed by atoms with Crippen LogP contribution in [0, 0.1) is 0 Å². The quantitative estimate of drug-likeness (QED) is 0.0373. The van der Waals surface area contributed by atoms with Crippen molar-refractivity contribution in [3.8, 4) is 0 Å². The highest BCUT2D eigenvalue weighted by Crippen LogP contribution is 2.17. The summed E-state index contributed by atoms with van der Waals surface area (Å²) < 4.78 is 10.8. The lowest BCUT2D eigenvalue weighted by Crippen LogP contribution is -2.28. The van der Waals surface area contributed by atoms with Gasteiger partial charge in [0.2, 0.25) is 0 Å². The molecule has 5 heteroatoms. The third-order valence-corrected chi connectivity index (χ3v) is 15.7. The number of hydrogen-bond acceptors (Lipinski definition) is 5. The van der Waals surface area contributed by atoms with E-state index in [2.05, 4.69) is 196 Å². The number of rotatable bonds is 67. The summed E-state index contributed by atoms with van der Waals surface area (Å²) in [7, 11) is 0. The van der Waals surface area contributed by atoms with Crippen molar-refractivity contribution in [3.05, 3.63) is 182 Å². The first-order valence-electron chi connectivity index (χ1n) is 37.3. The number of unbranched alkanes of at least 4 members (excludes halogenated alkanes) is 29. The van der Waals surface area contributed by atoms with Crippen LogP contribution < -0.4 is 0 Å². The first-order valence-corrected chi connectivity index (χ1v) is 37.3. The van der Waals surface area contributed by atoms with E-state index < -0.39 is 6.10 Å². The molecule has 0 aromatic carbocycles. The van der Waals surface area contributed by atoms with E-state index in [-0.39, 0.29) is 25.2 Å². The number of aliphatic hydroxyl groups is 1. The highest BCUT2D eigenvalue weighted by atomic mass is 16.6. The Bertz CT molecular complexity index is 1990. The van der Waals surface area contributed by atoms with Gasteiger partial charge < -0.3 is 14.6 Å². The molecule has 0 amide bonds. The van der Waals surface area contributed by atoms with Crippen LogP contribution >= 0.6 is 0 Å². The third-order valence-electron chi connectivity index (χ3n) is 15.7. The van der Waals surface area contributed by atoms with Crippen LogP contribution in [0.4, 0.5) is 0 Å². The summed E-state index contributed by atoms with van der Waals surface area (Å²) >= 11 is 0. The smallest absolute Gasteiger partial charge is 0.306 e. The molecule has 0 rings (SSSR count). The van der Waals surface area contributed by atoms with Gasteiger partial charge in [-0.3, -0.25) is 9.59 Å². The summed E-state index contributed by atoms with van der Waals surface area (Å²) in [6, 6.07) is 0. The molecule has 0 aromatic heterocycles. The first-order chi connectivity index (χ1) is 44.6. The maximum Gasteiger partial charge on any atom is 0.306 e. The minimum absolute atomic E-state index is 0.0730. The molecule has 0 fully saturated rings. The second-order valence-corrected chi connectivity index (χ2v) is 24.3. The highest BCUT2D eigenvalue weighted by Gasteiger charge is 2.16. The van der Waals surface area contributed by atoms with Crippen molar-refractivity contribution < 1.29 is 24.2 Å². The monoisotopic (exact) mass is 1240 g/mol. The zero-order chi connectivity index (χ0) is 64.7. The van der Waals surface area contributed by atoms with E-state index in [0.29, 0.717) is 12.8 Å². The van der Waals surface area contributed by atoms with Crippen LogP contribution in [0.3, 0.4) is 0 Å². The average molecular weight is 1240 g/mol. The van der Waals surface area contributed by atoms with Gasteiger partial charge in [-0.1, -0.05) is 357 Å². The van der Waals surface area contributed by atoms with Crippen molar-refractivity contribution in [2.75, 3.05) is 13.2 Å². The molecular weight excluding hydrogens is 1100 g/mol. The number of aliphatic hydroxyl groups excluding tert-OH is 1. The Morgan fingerprint density at radius 3 is 0.667 bits per heavy atom. The maximum atomic E-state index is 12.4. The van der Waals surface area contributed by atoms with Crippen LogP contribution in [-0.4, -0.2) is 36.4 Å². The Balaban J connectivity index is 3.51. The number of allylic oxidation sites excluding steroid dienone is 30. The number of carbonyl (C=O) groups excluding carboxylic acids is 2. The maximum absolute atomic E-state index is 12.4. The summed E-state index contributed by atoms with van der Waals surface area (Å²) in [5.74, 6) is -0.592. The predicted molar refractivity (Wildman–Crippen MR) is 398 cm³/mol. The average Bonchev–Trinajstić information content (AvgIpc) is 3.62. The zero-order valence-corrected chi connectivity index (χ0v) is 58.3. The Labute approximate surface area is 556 Å². The summed E-state index contributed by atoms with van der Waals surface area (Å²) in [6.07, 6.45) is 122. The van der Waals surface area contributed by atoms with Gasteiger partial charge in [0.25, 0.3) is 0 Å². The Morgan fingerprint density at radius 2 is 0.444 bits per heavy atom. The second-order valence-electron chi connectivity index (χ2n) is 24.3. The molecule has 0 heterocycles. The van der Waals surface area contributed by atoms with Crippen molar-refractivity contribution in [1.82, 2.24) is 0 Å². The molecule has 1 atom stereocenters. The van der Waals surface area contributed by atoms with E-state index in [9.17, 15) is 14.7 Å². The standard InChI is InChI=1S/C85H138O5/c1-3-5-7-9-11-13-15-17-19-21-23-25-27-29-31-33-35-37-39-41-42-44-45-47-49-51-53-55-57-59-61-63-65-67-69-71-73-75-77-79-84(87)89-82-83(81-86)90-85(88)80-78-76-74-72-70-68-66-64-62-60-58-56-54-52-50-48-46-43-40-38-36-34-32-30-28-26-24-22-20-18-16-14-12-10-8-6-4-2/h5-8,11-14,17-20,23-26,29-32,35-38,41-43,46,50,52,83,86H,3-4,9-10,15-16,21-22,27-28,33-34,39-40,44-45,47-49,51,53-82H2,1-2H3/b7-5-,8-6-,13-11-,14-12-,19-17-,20-18-,25-23-,26-24-,31-29-,32-30-,37-35-,38-36-,42-41-,46-43-,52-50-. The molecule has 5 nitrogen and oxygen atoms in total. The molecule has 1 unspecified atom stereocenters. The summed E-state index contributed by atoms with van der Waals surface area (Å²) in [4.78, 5) is 24.7. The van der Waals surface area contributed by atoms with Crippen LogP contribution in [-0.2, 0) is 19.1 Å². The molecule has 0 spiro atoms. The van der Waals surface area contributed by atoms with E-state index in [1.807, 2.05) is 0 Å². The Hall–Kier alpha value is -5.00. The molecule has 0 aliphatic heterocycles. The van der Waals surface area contributed by atoms with E-state index >= 15 is 0 Å². The van der Waals surface area contributed by atoms with Crippen molar-refractivity contribution in [3.63, 3.8) is 0 Å². The van der Waals surface area contributed by atoms with Crippen LogP contribution in [0.5, 0.6) is 0 Å². The zero-order valence-electron chi connectivity index (χ0n) is 58.3. The lowest BCUT2D eigenvalue weighted by Gasteiger charge is -2.15. The third kappa shape index (κ3) is 75.5. The molecule has 1 N–H and O–H groups in total. The Morgan fingerprint density at radius 1 is 0.256 bits per heavy atom. The fourth-order valence-corrected chi connectivity index (χ4v) is 10.2. The topological polar surface area (TPSA) is 72.8 Å². The van der Waals surface area contributed by atoms with E-state index in [1.54, 1.807) is 0 Å². The number of hydrogen-bond donors (Lipinski definition) is 1. The first kappa shape index (κ1) is 85.0. The molecule has 0 aliphatic rings.